The molecule has 3 amide bonds. The van der Waals surface area contributed by atoms with E-state index in [1.807, 2.05) is 60.4 Å². The number of carbonyl (C=O) groups is 3. The summed E-state index contributed by atoms with van der Waals surface area (Å²) in [5, 5.41) is 2.84. The first-order valence-electron chi connectivity index (χ1n) is 11.8. The van der Waals surface area contributed by atoms with Gasteiger partial charge in [-0.15, -0.1) is 0 Å². The zero-order valence-corrected chi connectivity index (χ0v) is 19.2. The Labute approximate surface area is 195 Å². The number of piperazine rings is 2. The summed E-state index contributed by atoms with van der Waals surface area (Å²) >= 11 is 0. The van der Waals surface area contributed by atoms with Gasteiger partial charge >= 0.3 is 0 Å². The largest absolute Gasteiger partial charge is 0.368 e. The molecule has 33 heavy (non-hydrogen) atoms. The number of nitrogens with one attached hydrogen (secondary N) is 1. The Hall–Kier alpha value is -3.35. The first-order valence-corrected chi connectivity index (χ1v) is 11.8. The maximum atomic E-state index is 13.5. The minimum atomic E-state index is -0.760. The molecule has 2 fully saturated rings. The Morgan fingerprint density at radius 3 is 2.21 bits per heavy atom. The second kappa shape index (κ2) is 10.5. The van der Waals surface area contributed by atoms with Crippen LogP contribution in [0.25, 0.3) is 0 Å². The second-order valence-corrected chi connectivity index (χ2v) is 8.62. The molecule has 0 bridgehead atoms. The summed E-state index contributed by atoms with van der Waals surface area (Å²) in [4.78, 5) is 45.0. The summed E-state index contributed by atoms with van der Waals surface area (Å²) in [6, 6.07) is 19.1. The zero-order valence-electron chi connectivity index (χ0n) is 19.2. The Kier molecular flexibility index (Phi) is 7.27. The molecule has 2 aliphatic rings. The SMILES string of the molecule is CC[C@H](C(=O)N1CCNC(=O)[C@@H]1CC(=O)N1CCN(c2ccccc2)CC1)c1ccccc1. The lowest BCUT2D eigenvalue weighted by Crippen LogP contribution is -2.60. The molecule has 7 nitrogen and oxygen atoms in total. The fourth-order valence-electron chi connectivity index (χ4n) is 4.77. The van der Waals surface area contributed by atoms with Gasteiger partial charge in [0.2, 0.25) is 17.7 Å². The number of nitrogens with zero attached hydrogens (tertiary/aromatic N) is 3. The molecule has 4 rings (SSSR count). The van der Waals surface area contributed by atoms with Gasteiger partial charge in [0.05, 0.1) is 12.3 Å². The maximum absolute atomic E-state index is 13.5. The number of para-hydroxylation sites is 1. The predicted molar refractivity (Wildman–Crippen MR) is 128 cm³/mol. The number of rotatable bonds is 6. The van der Waals surface area contributed by atoms with Gasteiger partial charge in [0.15, 0.2) is 0 Å². The van der Waals surface area contributed by atoms with Crippen molar-refractivity contribution in [3.63, 3.8) is 0 Å². The van der Waals surface area contributed by atoms with Gasteiger partial charge in [0, 0.05) is 45.0 Å². The van der Waals surface area contributed by atoms with Crippen LogP contribution in [-0.2, 0) is 14.4 Å². The molecule has 0 unspecified atom stereocenters. The number of carbonyl (C=O) groups excluding carboxylic acids is 3. The molecular formula is C26H32N4O3. The van der Waals surface area contributed by atoms with Crippen molar-refractivity contribution >= 4 is 23.4 Å². The van der Waals surface area contributed by atoms with E-state index in [0.717, 1.165) is 24.3 Å². The Morgan fingerprint density at radius 1 is 0.939 bits per heavy atom. The van der Waals surface area contributed by atoms with Crippen LogP contribution in [0.15, 0.2) is 60.7 Å². The topological polar surface area (TPSA) is 73.0 Å². The van der Waals surface area contributed by atoms with Crippen LogP contribution >= 0.6 is 0 Å². The lowest BCUT2D eigenvalue weighted by molar-refractivity contribution is -0.147. The normalized spacial score (nSPS) is 19.7. The third-order valence-electron chi connectivity index (χ3n) is 6.64. The number of hydrogen-bond acceptors (Lipinski definition) is 4. The molecular weight excluding hydrogens is 416 g/mol. The lowest BCUT2D eigenvalue weighted by Gasteiger charge is -2.39. The minimum Gasteiger partial charge on any atom is -0.368 e. The van der Waals surface area contributed by atoms with Gasteiger partial charge in [0.25, 0.3) is 0 Å². The van der Waals surface area contributed by atoms with Crippen LogP contribution in [-0.4, -0.2) is 72.8 Å². The van der Waals surface area contributed by atoms with Crippen molar-refractivity contribution in [3.05, 3.63) is 66.2 Å². The van der Waals surface area contributed by atoms with E-state index in [4.69, 9.17) is 0 Å². The molecule has 0 spiro atoms. The molecule has 2 aromatic rings. The smallest absolute Gasteiger partial charge is 0.243 e. The monoisotopic (exact) mass is 448 g/mol. The van der Waals surface area contributed by atoms with Crippen molar-refractivity contribution in [2.75, 3.05) is 44.2 Å². The number of anilines is 1. The van der Waals surface area contributed by atoms with Gasteiger partial charge in [-0.3, -0.25) is 14.4 Å². The molecule has 2 aromatic carbocycles. The highest BCUT2D eigenvalue weighted by Gasteiger charge is 2.38. The van der Waals surface area contributed by atoms with Crippen molar-refractivity contribution < 1.29 is 14.4 Å². The minimum absolute atomic E-state index is 0.0220. The Balaban J connectivity index is 1.41. The van der Waals surface area contributed by atoms with Crippen LogP contribution in [0.2, 0.25) is 0 Å². The lowest BCUT2D eigenvalue weighted by atomic mass is 9.93. The van der Waals surface area contributed by atoms with Crippen molar-refractivity contribution in [1.82, 2.24) is 15.1 Å². The quantitative estimate of drug-likeness (QED) is 0.736. The van der Waals surface area contributed by atoms with Crippen LogP contribution in [0, 0.1) is 0 Å². The summed E-state index contributed by atoms with van der Waals surface area (Å²) in [6.07, 6.45) is 0.664. The summed E-state index contributed by atoms with van der Waals surface area (Å²) in [6.45, 7) is 5.54. The highest BCUT2D eigenvalue weighted by molar-refractivity contribution is 5.94. The summed E-state index contributed by atoms with van der Waals surface area (Å²) in [5.74, 6) is -0.710. The zero-order chi connectivity index (χ0) is 23.2. The van der Waals surface area contributed by atoms with Crippen molar-refractivity contribution in [2.45, 2.75) is 31.7 Å². The molecule has 2 heterocycles. The molecule has 0 aliphatic carbocycles. The van der Waals surface area contributed by atoms with Gasteiger partial charge in [-0.1, -0.05) is 55.5 Å². The summed E-state index contributed by atoms with van der Waals surface area (Å²) in [5.41, 5.74) is 2.10. The van der Waals surface area contributed by atoms with Gasteiger partial charge in [-0.05, 0) is 24.1 Å². The van der Waals surface area contributed by atoms with Gasteiger partial charge in [0.1, 0.15) is 6.04 Å². The molecule has 1 N–H and O–H groups in total. The highest BCUT2D eigenvalue weighted by Crippen LogP contribution is 2.25. The van der Waals surface area contributed by atoms with Crippen molar-refractivity contribution in [1.29, 1.82) is 0 Å². The van der Waals surface area contributed by atoms with E-state index in [2.05, 4.69) is 22.3 Å². The first-order chi connectivity index (χ1) is 16.1. The van der Waals surface area contributed by atoms with E-state index in [1.54, 1.807) is 4.90 Å². The standard InChI is InChI=1S/C26H32N4O3/c1-2-22(20-9-5-3-6-10-20)26(33)30-14-13-27-25(32)23(30)19-24(31)29-17-15-28(16-18-29)21-11-7-4-8-12-21/h3-12,22-23H,2,13-19H2,1H3,(H,27,32)/t22-,23-/m0/s1. The third-order valence-corrected chi connectivity index (χ3v) is 6.64. The van der Waals surface area contributed by atoms with Gasteiger partial charge < -0.3 is 20.0 Å². The van der Waals surface area contributed by atoms with Crippen LogP contribution in [0.1, 0.15) is 31.2 Å². The number of hydrogen-bond donors (Lipinski definition) is 1. The molecule has 0 aromatic heterocycles. The van der Waals surface area contributed by atoms with Crippen molar-refractivity contribution in [2.24, 2.45) is 0 Å². The van der Waals surface area contributed by atoms with E-state index >= 15 is 0 Å². The van der Waals surface area contributed by atoms with E-state index in [9.17, 15) is 14.4 Å². The number of benzene rings is 2. The molecule has 2 atom stereocenters. The predicted octanol–water partition coefficient (Wildman–Crippen LogP) is 2.25. The fourth-order valence-corrected chi connectivity index (χ4v) is 4.77. The molecule has 174 valence electrons. The third kappa shape index (κ3) is 5.18. The first kappa shape index (κ1) is 22.8. The fraction of sp³-hybridized carbons (Fsp3) is 0.423. The van der Waals surface area contributed by atoms with E-state index in [1.165, 1.54) is 0 Å². The van der Waals surface area contributed by atoms with E-state index in [-0.39, 0.29) is 30.1 Å². The number of amides is 3. The van der Waals surface area contributed by atoms with Gasteiger partial charge in [-0.2, -0.15) is 0 Å². The van der Waals surface area contributed by atoms with Gasteiger partial charge in [-0.25, -0.2) is 0 Å². The highest BCUT2D eigenvalue weighted by atomic mass is 16.2. The van der Waals surface area contributed by atoms with Crippen LogP contribution < -0.4 is 10.2 Å². The van der Waals surface area contributed by atoms with E-state index < -0.39 is 6.04 Å². The van der Waals surface area contributed by atoms with Crippen LogP contribution in [0.3, 0.4) is 0 Å². The second-order valence-electron chi connectivity index (χ2n) is 8.62. The van der Waals surface area contributed by atoms with Crippen LogP contribution in [0.5, 0.6) is 0 Å². The molecule has 0 saturated carbocycles. The Morgan fingerprint density at radius 2 is 1.58 bits per heavy atom. The average molecular weight is 449 g/mol. The molecule has 2 saturated heterocycles. The summed E-state index contributed by atoms with van der Waals surface area (Å²) in [7, 11) is 0. The van der Waals surface area contributed by atoms with E-state index in [0.29, 0.717) is 32.6 Å². The Bertz CT molecular complexity index is 958. The average Bonchev–Trinajstić information content (AvgIpc) is 2.87. The van der Waals surface area contributed by atoms with Crippen molar-refractivity contribution in [3.8, 4) is 0 Å². The molecule has 7 heteroatoms. The summed E-state index contributed by atoms with van der Waals surface area (Å²) < 4.78 is 0. The molecule has 2 aliphatic heterocycles. The van der Waals surface area contributed by atoms with Crippen LogP contribution in [0.4, 0.5) is 5.69 Å². The maximum Gasteiger partial charge on any atom is 0.243 e. The molecule has 0 radical (unpaired) electrons.